The van der Waals surface area contributed by atoms with Gasteiger partial charge in [0.1, 0.15) is 0 Å². The zero-order chi connectivity index (χ0) is 55.3. The van der Waals surface area contributed by atoms with E-state index in [1.54, 1.807) is 72.8 Å². The van der Waals surface area contributed by atoms with Crippen LogP contribution in [0.2, 0.25) is 0 Å². The Labute approximate surface area is 440 Å². The molecule has 0 saturated heterocycles. The number of benzene rings is 7. The van der Waals surface area contributed by atoms with E-state index in [0.717, 1.165) is 21.1 Å². The molecule has 0 spiro atoms. The summed E-state index contributed by atoms with van der Waals surface area (Å²) in [5.41, 5.74) is 2.52. The highest BCUT2D eigenvalue weighted by Crippen LogP contribution is 2.35. The van der Waals surface area contributed by atoms with Gasteiger partial charge in [-0.15, -0.1) is 0 Å². The highest BCUT2D eigenvalue weighted by atomic mass is 32.2. The van der Waals surface area contributed by atoms with Crippen LogP contribution in [0.3, 0.4) is 0 Å². The van der Waals surface area contributed by atoms with Crippen molar-refractivity contribution in [2.75, 3.05) is 69.8 Å². The van der Waals surface area contributed by atoms with Crippen LogP contribution < -0.4 is 26.2 Å². The molecule has 0 atom stereocenters. The molecule has 6 N–H and O–H groups in total. The Morgan fingerprint density at radius 3 is 0.974 bits per heavy atom. The lowest BCUT2D eigenvalue weighted by molar-refractivity contribution is 0.0596. The van der Waals surface area contributed by atoms with Gasteiger partial charge in [0.15, 0.2) is 0 Å². The molecule has 396 valence electrons. The monoisotopic (exact) mass is 1080 g/mol. The zero-order valence-electron chi connectivity index (χ0n) is 41.2. The molecule has 77 heavy (non-hydrogen) atoms. The van der Waals surface area contributed by atoms with Crippen molar-refractivity contribution in [2.24, 2.45) is 0 Å². The summed E-state index contributed by atoms with van der Waals surface area (Å²) in [4.78, 5) is 112. The molecule has 0 unspecified atom stereocenters. The van der Waals surface area contributed by atoms with Gasteiger partial charge in [-0.05, 0) is 70.8 Å². The third kappa shape index (κ3) is 12.3. The average molecular weight is 1080 g/mol. The van der Waals surface area contributed by atoms with Crippen LogP contribution >= 0.6 is 0 Å². The molecule has 0 aromatic heterocycles. The van der Waals surface area contributed by atoms with Crippen LogP contribution in [0, 0.1) is 0 Å². The van der Waals surface area contributed by atoms with Gasteiger partial charge in [0, 0.05) is 113 Å². The van der Waals surface area contributed by atoms with Crippen LogP contribution in [0.25, 0.3) is 32.3 Å². The second-order valence-electron chi connectivity index (χ2n) is 17.8. The number of hydrogen-bond donors (Lipinski definition) is 6. The first kappa shape index (κ1) is 54.7. The standard InChI is InChI=1S/C52H41N7O8.2CH4O3S/c60-45(55-21-19-53-23-25-57-47(62)36-13-1-7-30-8-2-14-37(42(30)36)48(57)63)33-27-34(29-35(28-33)59-51(66)40-17-5-11-32-12-6-18-41(44(32)40)52(59)67)46(61)56-22-20-54-24-26-58-49(64)38-15-3-9-31-10-4-16-39(43(31)38)50(58)65;2*1-5(2,3)4/h1-18,27-29,53-54H,19-26H2,(H,55,60)(H,56,61);2*1H3,(H,2,3,4). The first-order valence-corrected chi connectivity index (χ1v) is 27.4. The quantitative estimate of drug-likeness (QED) is 0.0477. The summed E-state index contributed by atoms with van der Waals surface area (Å²) < 4.78 is 51.7. The van der Waals surface area contributed by atoms with Crippen molar-refractivity contribution in [3.8, 4) is 0 Å². The van der Waals surface area contributed by atoms with E-state index >= 15 is 0 Å². The van der Waals surface area contributed by atoms with E-state index in [0.29, 0.717) is 62.1 Å². The maximum absolute atomic E-state index is 14.0. The van der Waals surface area contributed by atoms with Gasteiger partial charge in [-0.1, -0.05) is 72.8 Å². The molecular weight excluding hydrogens is 1030 g/mol. The first-order chi connectivity index (χ1) is 36.6. The Balaban J connectivity index is 0.000000720. The molecule has 0 fully saturated rings. The maximum Gasteiger partial charge on any atom is 0.265 e. The van der Waals surface area contributed by atoms with Gasteiger partial charge < -0.3 is 21.3 Å². The van der Waals surface area contributed by atoms with Gasteiger partial charge in [-0.25, -0.2) is 4.90 Å². The van der Waals surface area contributed by atoms with Gasteiger partial charge >= 0.3 is 0 Å². The van der Waals surface area contributed by atoms with Crippen molar-refractivity contribution in [1.82, 2.24) is 31.1 Å². The fourth-order valence-electron chi connectivity index (χ4n) is 9.20. The predicted molar refractivity (Wildman–Crippen MR) is 286 cm³/mol. The van der Waals surface area contributed by atoms with E-state index in [2.05, 4.69) is 21.3 Å². The molecule has 3 heterocycles. The third-order valence-corrected chi connectivity index (χ3v) is 12.4. The summed E-state index contributed by atoms with van der Waals surface area (Å²) in [5.74, 6) is -3.87. The van der Waals surface area contributed by atoms with E-state index in [4.69, 9.17) is 9.11 Å². The molecule has 7 aromatic rings. The van der Waals surface area contributed by atoms with Crippen LogP contribution in [0.5, 0.6) is 0 Å². The number of nitrogens with zero attached hydrogens (tertiary/aromatic N) is 3. The summed E-state index contributed by atoms with van der Waals surface area (Å²) in [7, 11) is -7.33. The largest absolute Gasteiger partial charge is 0.351 e. The van der Waals surface area contributed by atoms with E-state index in [1.807, 2.05) is 36.4 Å². The minimum atomic E-state index is -3.67. The normalized spacial score (nSPS) is 13.8. The number of rotatable bonds is 15. The van der Waals surface area contributed by atoms with Crippen molar-refractivity contribution in [1.29, 1.82) is 0 Å². The Hall–Kier alpha value is -8.58. The Morgan fingerprint density at radius 2 is 0.688 bits per heavy atom. The van der Waals surface area contributed by atoms with Gasteiger partial charge in [-0.2, -0.15) is 16.8 Å². The second kappa shape index (κ2) is 22.7. The number of anilines is 1. The van der Waals surface area contributed by atoms with Crippen LogP contribution in [0.4, 0.5) is 5.69 Å². The minimum Gasteiger partial charge on any atom is -0.351 e. The number of imide groups is 3. The Kier molecular flexibility index (Phi) is 16.1. The molecule has 3 aliphatic heterocycles. The maximum atomic E-state index is 14.0. The van der Waals surface area contributed by atoms with Crippen molar-refractivity contribution in [2.45, 2.75) is 0 Å². The molecule has 0 bridgehead atoms. The molecule has 10 rings (SSSR count). The van der Waals surface area contributed by atoms with Crippen molar-refractivity contribution in [3.05, 3.63) is 172 Å². The van der Waals surface area contributed by atoms with Crippen LogP contribution in [0.1, 0.15) is 82.9 Å². The fourth-order valence-corrected chi connectivity index (χ4v) is 9.20. The SMILES string of the molecule is CS(=O)(=O)O.CS(=O)(=O)O.O=C(NCCNCCN1C(=O)c2cccc3cccc(c23)C1=O)c1cc(C(=O)NCCNCCN2C(=O)c3cccc4cccc(c34)C2=O)cc(N2C(=O)c3cccc4cccc(c34)C2=O)c1. The summed E-state index contributed by atoms with van der Waals surface area (Å²) in [6.07, 6.45) is 1.43. The summed E-state index contributed by atoms with van der Waals surface area (Å²) >= 11 is 0. The number of carbonyl (C=O) groups excluding carboxylic acids is 8. The predicted octanol–water partition coefficient (Wildman–Crippen LogP) is 4.19. The molecule has 21 nitrogen and oxygen atoms in total. The van der Waals surface area contributed by atoms with Gasteiger partial charge in [0.05, 0.1) is 18.2 Å². The minimum absolute atomic E-state index is 0.0175. The fraction of sp³-hybridized carbons (Fsp3) is 0.185. The molecular formula is C54H49N7O14S2. The lowest BCUT2D eigenvalue weighted by Crippen LogP contribution is -2.44. The summed E-state index contributed by atoms with van der Waals surface area (Å²) in [6.45, 7) is 1.49. The Morgan fingerprint density at radius 1 is 0.416 bits per heavy atom. The van der Waals surface area contributed by atoms with Gasteiger partial charge in [0.25, 0.3) is 67.5 Å². The number of carbonyl (C=O) groups is 8. The number of nitrogens with one attached hydrogen (secondary N) is 4. The molecule has 8 amide bonds. The molecule has 23 heteroatoms. The van der Waals surface area contributed by atoms with Gasteiger partial charge in [0.2, 0.25) is 0 Å². The second-order valence-corrected chi connectivity index (χ2v) is 20.8. The zero-order valence-corrected chi connectivity index (χ0v) is 42.9. The molecule has 7 aromatic carbocycles. The number of amides is 8. The summed E-state index contributed by atoms with van der Waals surface area (Å²) in [5, 5.41) is 16.1. The lowest BCUT2D eigenvalue weighted by Gasteiger charge is -2.28. The molecule has 0 aliphatic carbocycles. The van der Waals surface area contributed by atoms with Crippen LogP contribution in [-0.4, -0.2) is 148 Å². The van der Waals surface area contributed by atoms with Crippen molar-refractivity contribution < 1.29 is 64.3 Å². The van der Waals surface area contributed by atoms with Gasteiger partial charge in [-0.3, -0.25) is 57.3 Å². The smallest absolute Gasteiger partial charge is 0.265 e. The number of hydrogen-bond acceptors (Lipinski definition) is 14. The molecule has 0 radical (unpaired) electrons. The van der Waals surface area contributed by atoms with E-state index < -0.39 is 43.9 Å². The molecule has 3 aliphatic rings. The van der Waals surface area contributed by atoms with E-state index in [-0.39, 0.29) is 92.8 Å². The topological polar surface area (TPSA) is 303 Å². The first-order valence-electron chi connectivity index (χ1n) is 23.7. The third-order valence-electron chi connectivity index (χ3n) is 12.4. The molecule has 0 saturated carbocycles. The van der Waals surface area contributed by atoms with Crippen LogP contribution in [-0.2, 0) is 20.2 Å². The summed E-state index contributed by atoms with van der Waals surface area (Å²) in [6, 6.07) is 35.9. The van der Waals surface area contributed by atoms with E-state index in [9.17, 15) is 55.2 Å². The Bertz CT molecular complexity index is 3490. The average Bonchev–Trinajstić information content (AvgIpc) is 3.43. The highest BCUT2D eigenvalue weighted by Gasteiger charge is 2.36. The van der Waals surface area contributed by atoms with E-state index in [1.165, 1.54) is 28.0 Å². The highest BCUT2D eigenvalue weighted by molar-refractivity contribution is 7.85. The van der Waals surface area contributed by atoms with Crippen LogP contribution in [0.15, 0.2) is 127 Å². The van der Waals surface area contributed by atoms with Crippen molar-refractivity contribution >= 4 is 105 Å². The lowest BCUT2D eigenvalue weighted by atomic mass is 9.93. The van der Waals surface area contributed by atoms with Crippen molar-refractivity contribution in [3.63, 3.8) is 0 Å².